The molecule has 0 aromatic heterocycles. The van der Waals surface area contributed by atoms with E-state index < -0.39 is 16.8 Å². The van der Waals surface area contributed by atoms with E-state index in [0.29, 0.717) is 30.6 Å². The van der Waals surface area contributed by atoms with Crippen LogP contribution in [0.1, 0.15) is 18.4 Å². The number of benzene rings is 1. The summed E-state index contributed by atoms with van der Waals surface area (Å²) in [5.41, 5.74) is 0.540. The summed E-state index contributed by atoms with van der Waals surface area (Å²) in [4.78, 5) is 23.3. The highest BCUT2D eigenvalue weighted by Crippen LogP contribution is 2.32. The molecular weight excluding hydrogens is 262 g/mol. The molecule has 0 spiro atoms. The van der Waals surface area contributed by atoms with Crippen LogP contribution in [0, 0.1) is 27.4 Å². The van der Waals surface area contributed by atoms with Crippen molar-refractivity contribution in [3.8, 4) is 6.07 Å². The van der Waals surface area contributed by atoms with E-state index in [0.717, 1.165) is 0 Å². The summed E-state index contributed by atoms with van der Waals surface area (Å²) in [6.07, 6.45) is 1.22. The second kappa shape index (κ2) is 5.57. The number of anilines is 1. The average Bonchev–Trinajstić information content (AvgIpc) is 2.46. The summed E-state index contributed by atoms with van der Waals surface area (Å²) < 4.78 is 0. The van der Waals surface area contributed by atoms with E-state index in [-0.39, 0.29) is 12.2 Å². The number of nitriles is 1. The summed E-state index contributed by atoms with van der Waals surface area (Å²) in [5, 5.41) is 29.0. The van der Waals surface area contributed by atoms with Gasteiger partial charge in [-0.1, -0.05) is 0 Å². The molecule has 7 nitrogen and oxygen atoms in total. The zero-order chi connectivity index (χ0) is 14.7. The van der Waals surface area contributed by atoms with Crippen LogP contribution in [0.4, 0.5) is 11.4 Å². The molecule has 1 heterocycles. The first-order chi connectivity index (χ1) is 9.52. The second-order valence-corrected chi connectivity index (χ2v) is 4.70. The lowest BCUT2D eigenvalue weighted by Gasteiger charge is -2.32. The Bertz CT molecular complexity index is 594. The first-order valence-electron chi connectivity index (χ1n) is 6.19. The van der Waals surface area contributed by atoms with Gasteiger partial charge in [-0.25, -0.2) is 0 Å². The molecule has 1 aliphatic rings. The van der Waals surface area contributed by atoms with E-state index in [1.807, 2.05) is 6.07 Å². The van der Waals surface area contributed by atoms with Crippen LogP contribution >= 0.6 is 0 Å². The molecule has 1 atom stereocenters. The van der Waals surface area contributed by atoms with Gasteiger partial charge < -0.3 is 10.0 Å². The highest BCUT2D eigenvalue weighted by atomic mass is 16.6. The Morgan fingerprint density at radius 1 is 1.55 bits per heavy atom. The summed E-state index contributed by atoms with van der Waals surface area (Å²) in [6, 6.07) is 6.07. The fraction of sp³-hybridized carbons (Fsp3) is 0.385. The Hall–Kier alpha value is -2.62. The SMILES string of the molecule is N#Cc1ccc([N+](=O)[O-])c(N2CCC[C@H](C(=O)O)C2)c1. The molecule has 0 amide bonds. The lowest BCUT2D eigenvalue weighted by atomic mass is 9.97. The van der Waals surface area contributed by atoms with Crippen LogP contribution in [-0.4, -0.2) is 29.1 Å². The van der Waals surface area contributed by atoms with Crippen molar-refractivity contribution in [3.63, 3.8) is 0 Å². The lowest BCUT2D eigenvalue weighted by molar-refractivity contribution is -0.384. The Kier molecular flexibility index (Phi) is 3.84. The maximum absolute atomic E-state index is 11.1. The quantitative estimate of drug-likeness (QED) is 0.665. The van der Waals surface area contributed by atoms with Gasteiger partial charge in [-0.3, -0.25) is 14.9 Å². The molecule has 1 aromatic carbocycles. The van der Waals surface area contributed by atoms with Crippen LogP contribution in [0.15, 0.2) is 18.2 Å². The fourth-order valence-electron chi connectivity index (χ4n) is 2.40. The molecule has 1 N–H and O–H groups in total. The number of carbonyl (C=O) groups is 1. The molecule has 0 bridgehead atoms. The van der Waals surface area contributed by atoms with Crippen LogP contribution in [0.5, 0.6) is 0 Å². The first kappa shape index (κ1) is 13.8. The van der Waals surface area contributed by atoms with Gasteiger partial charge in [-0.2, -0.15) is 5.26 Å². The molecule has 1 aliphatic heterocycles. The maximum atomic E-state index is 11.1. The van der Waals surface area contributed by atoms with Crippen molar-refractivity contribution in [1.82, 2.24) is 0 Å². The summed E-state index contributed by atoms with van der Waals surface area (Å²) in [5.74, 6) is -1.43. The zero-order valence-corrected chi connectivity index (χ0v) is 10.7. The molecule has 1 fully saturated rings. The number of aliphatic carboxylic acids is 1. The van der Waals surface area contributed by atoms with Crippen molar-refractivity contribution >= 4 is 17.3 Å². The average molecular weight is 275 g/mol. The molecule has 0 unspecified atom stereocenters. The molecule has 1 aromatic rings. The molecule has 0 radical (unpaired) electrons. The Labute approximate surface area is 115 Å². The number of hydrogen-bond donors (Lipinski definition) is 1. The number of rotatable bonds is 3. The summed E-state index contributed by atoms with van der Waals surface area (Å²) >= 11 is 0. The Morgan fingerprint density at radius 2 is 2.30 bits per heavy atom. The van der Waals surface area contributed by atoms with Crippen molar-refractivity contribution in [1.29, 1.82) is 5.26 Å². The van der Waals surface area contributed by atoms with Crippen molar-refractivity contribution in [3.05, 3.63) is 33.9 Å². The van der Waals surface area contributed by atoms with Gasteiger partial charge in [0.15, 0.2) is 0 Å². The number of nitro groups is 1. The van der Waals surface area contributed by atoms with Gasteiger partial charge in [0.05, 0.1) is 22.5 Å². The number of piperidine rings is 1. The van der Waals surface area contributed by atoms with Gasteiger partial charge in [-0.05, 0) is 25.0 Å². The van der Waals surface area contributed by atoms with Crippen LogP contribution in [-0.2, 0) is 4.79 Å². The molecule has 2 rings (SSSR count). The predicted molar refractivity (Wildman–Crippen MR) is 70.4 cm³/mol. The number of nitrogens with zero attached hydrogens (tertiary/aromatic N) is 3. The molecule has 7 heteroatoms. The second-order valence-electron chi connectivity index (χ2n) is 4.70. The van der Waals surface area contributed by atoms with Crippen molar-refractivity contribution in [2.75, 3.05) is 18.0 Å². The third kappa shape index (κ3) is 2.69. The van der Waals surface area contributed by atoms with Gasteiger partial charge in [0.1, 0.15) is 5.69 Å². The summed E-state index contributed by atoms with van der Waals surface area (Å²) in [7, 11) is 0. The minimum atomic E-state index is -0.895. The van der Waals surface area contributed by atoms with E-state index in [2.05, 4.69) is 0 Å². The van der Waals surface area contributed by atoms with Crippen molar-refractivity contribution in [2.24, 2.45) is 5.92 Å². The third-order valence-electron chi connectivity index (χ3n) is 3.41. The van der Waals surface area contributed by atoms with E-state index in [9.17, 15) is 14.9 Å². The first-order valence-corrected chi connectivity index (χ1v) is 6.19. The standard InChI is InChI=1S/C13H13N3O4/c14-7-9-3-4-11(16(19)20)12(6-9)15-5-1-2-10(8-15)13(17)18/h3-4,6,10H,1-2,5,8H2,(H,17,18)/t10-/m0/s1. The van der Waals surface area contributed by atoms with E-state index in [1.165, 1.54) is 18.2 Å². The van der Waals surface area contributed by atoms with Gasteiger partial charge in [0, 0.05) is 19.2 Å². The third-order valence-corrected chi connectivity index (χ3v) is 3.41. The number of carboxylic acids is 1. The largest absolute Gasteiger partial charge is 0.481 e. The van der Waals surface area contributed by atoms with E-state index in [4.69, 9.17) is 10.4 Å². The van der Waals surface area contributed by atoms with Crippen LogP contribution in [0.3, 0.4) is 0 Å². The minimum absolute atomic E-state index is 0.102. The van der Waals surface area contributed by atoms with Crippen molar-refractivity contribution in [2.45, 2.75) is 12.8 Å². The number of carboxylic acid groups (broad SMARTS) is 1. The van der Waals surface area contributed by atoms with Crippen molar-refractivity contribution < 1.29 is 14.8 Å². The molecule has 20 heavy (non-hydrogen) atoms. The minimum Gasteiger partial charge on any atom is -0.481 e. The van der Waals surface area contributed by atoms with Gasteiger partial charge >= 0.3 is 5.97 Å². The smallest absolute Gasteiger partial charge is 0.308 e. The zero-order valence-electron chi connectivity index (χ0n) is 10.7. The Morgan fingerprint density at radius 3 is 2.90 bits per heavy atom. The highest BCUT2D eigenvalue weighted by molar-refractivity contribution is 5.73. The monoisotopic (exact) mass is 275 g/mol. The van der Waals surface area contributed by atoms with Gasteiger partial charge in [-0.15, -0.1) is 0 Å². The van der Waals surface area contributed by atoms with Crippen LogP contribution in [0.25, 0.3) is 0 Å². The fourth-order valence-corrected chi connectivity index (χ4v) is 2.40. The maximum Gasteiger partial charge on any atom is 0.308 e. The number of hydrogen-bond acceptors (Lipinski definition) is 5. The molecular formula is C13H13N3O4. The normalized spacial score (nSPS) is 18.4. The van der Waals surface area contributed by atoms with Crippen LogP contribution < -0.4 is 4.90 Å². The van der Waals surface area contributed by atoms with Gasteiger partial charge in [0.2, 0.25) is 0 Å². The predicted octanol–water partition coefficient (Wildman–Crippen LogP) is 1.77. The van der Waals surface area contributed by atoms with E-state index >= 15 is 0 Å². The molecule has 0 saturated carbocycles. The van der Waals surface area contributed by atoms with Gasteiger partial charge in [0.25, 0.3) is 5.69 Å². The Balaban J connectivity index is 2.37. The summed E-state index contributed by atoms with van der Waals surface area (Å²) in [6.45, 7) is 0.782. The topological polar surface area (TPSA) is 107 Å². The molecule has 1 saturated heterocycles. The number of nitro benzene ring substituents is 1. The van der Waals surface area contributed by atoms with Crippen LogP contribution in [0.2, 0.25) is 0 Å². The lowest BCUT2D eigenvalue weighted by Crippen LogP contribution is -2.39. The highest BCUT2D eigenvalue weighted by Gasteiger charge is 2.29. The molecule has 0 aliphatic carbocycles. The van der Waals surface area contributed by atoms with E-state index in [1.54, 1.807) is 4.90 Å². The molecule has 104 valence electrons.